The lowest BCUT2D eigenvalue weighted by Gasteiger charge is -2.17. The van der Waals surface area contributed by atoms with Gasteiger partial charge in [-0.25, -0.2) is 4.98 Å². The molecule has 0 aliphatic heterocycles. The van der Waals surface area contributed by atoms with Gasteiger partial charge < -0.3 is 9.73 Å². The molecule has 1 aromatic carbocycles. The van der Waals surface area contributed by atoms with Gasteiger partial charge in [0.15, 0.2) is 10.8 Å². The third kappa shape index (κ3) is 3.51. The Morgan fingerprint density at radius 3 is 2.52 bits per heavy atom. The number of carbonyl (C=O) groups is 1. The Balaban J connectivity index is 1.76. The Morgan fingerprint density at radius 1 is 1.17 bits per heavy atom. The molecule has 0 fully saturated rings. The smallest absolute Gasteiger partial charge is 0.229 e. The molecule has 0 spiro atoms. The van der Waals surface area contributed by atoms with Crippen molar-refractivity contribution in [3.05, 3.63) is 48.0 Å². The zero-order valence-electron chi connectivity index (χ0n) is 13.3. The second-order valence-electron chi connectivity index (χ2n) is 6.30. The number of hydrogen-bond donors (Lipinski definition) is 1. The molecule has 0 radical (unpaired) electrons. The van der Waals surface area contributed by atoms with Gasteiger partial charge in [0.05, 0.1) is 12.0 Å². The van der Waals surface area contributed by atoms with Crippen LogP contribution in [0.3, 0.4) is 0 Å². The van der Waals surface area contributed by atoms with Gasteiger partial charge >= 0.3 is 0 Å². The second-order valence-corrected chi connectivity index (χ2v) is 7.15. The van der Waals surface area contributed by atoms with E-state index in [1.54, 1.807) is 17.6 Å². The van der Waals surface area contributed by atoms with E-state index in [1.807, 2.05) is 62.5 Å². The van der Waals surface area contributed by atoms with Gasteiger partial charge in [-0.1, -0.05) is 32.9 Å². The summed E-state index contributed by atoms with van der Waals surface area (Å²) >= 11 is 1.55. The molecule has 2 heterocycles. The van der Waals surface area contributed by atoms with E-state index in [9.17, 15) is 4.79 Å². The topological polar surface area (TPSA) is 55.1 Å². The van der Waals surface area contributed by atoms with Gasteiger partial charge in [-0.15, -0.1) is 11.3 Å². The van der Waals surface area contributed by atoms with Crippen LogP contribution >= 0.6 is 11.3 Å². The van der Waals surface area contributed by atoms with Crippen molar-refractivity contribution in [2.24, 2.45) is 5.41 Å². The fourth-order valence-electron chi connectivity index (χ4n) is 1.96. The van der Waals surface area contributed by atoms with Crippen LogP contribution in [0, 0.1) is 5.41 Å². The standard InChI is InChI=1S/C18H18N2O2S/c1-18(2,3)17(21)19-13-8-6-12(7-9-13)14-11-23-16(20-14)15-5-4-10-22-15/h4-11H,1-3H3,(H,19,21). The predicted molar refractivity (Wildman–Crippen MR) is 93.3 cm³/mol. The molecule has 0 aliphatic rings. The number of carbonyl (C=O) groups excluding carboxylic acids is 1. The highest BCUT2D eigenvalue weighted by atomic mass is 32.1. The zero-order chi connectivity index (χ0) is 16.4. The molecule has 0 saturated heterocycles. The first-order valence-corrected chi connectivity index (χ1v) is 8.23. The number of nitrogens with one attached hydrogen (secondary N) is 1. The van der Waals surface area contributed by atoms with Crippen LogP contribution in [0.1, 0.15) is 20.8 Å². The van der Waals surface area contributed by atoms with E-state index >= 15 is 0 Å². The minimum Gasteiger partial charge on any atom is -0.462 e. The molecule has 3 rings (SSSR count). The maximum absolute atomic E-state index is 12.0. The van der Waals surface area contributed by atoms with Crippen LogP contribution in [0.15, 0.2) is 52.5 Å². The lowest BCUT2D eigenvalue weighted by molar-refractivity contribution is -0.123. The van der Waals surface area contributed by atoms with Gasteiger partial charge in [0.2, 0.25) is 5.91 Å². The summed E-state index contributed by atoms with van der Waals surface area (Å²) in [6.45, 7) is 5.67. The first kappa shape index (κ1) is 15.5. The molecule has 2 aromatic heterocycles. The van der Waals surface area contributed by atoms with Crippen LogP contribution < -0.4 is 5.32 Å². The summed E-state index contributed by atoms with van der Waals surface area (Å²) in [5.41, 5.74) is 2.28. The molecule has 0 bridgehead atoms. The van der Waals surface area contributed by atoms with Crippen molar-refractivity contribution < 1.29 is 9.21 Å². The predicted octanol–water partition coefficient (Wildman–Crippen LogP) is 5.05. The molecular formula is C18H18N2O2S. The Bertz CT molecular complexity index is 796. The second kappa shape index (κ2) is 6.01. The fourth-order valence-corrected chi connectivity index (χ4v) is 2.76. The Kier molecular flexibility index (Phi) is 4.05. The first-order valence-electron chi connectivity index (χ1n) is 7.35. The number of hydrogen-bond acceptors (Lipinski definition) is 4. The molecule has 0 atom stereocenters. The quantitative estimate of drug-likeness (QED) is 0.732. The van der Waals surface area contributed by atoms with Crippen LogP contribution in [0.25, 0.3) is 22.0 Å². The molecule has 1 amide bonds. The van der Waals surface area contributed by atoms with E-state index in [0.29, 0.717) is 0 Å². The van der Waals surface area contributed by atoms with Crippen LogP contribution in [-0.2, 0) is 4.79 Å². The molecule has 1 N–H and O–H groups in total. The Hall–Kier alpha value is -2.40. The van der Waals surface area contributed by atoms with E-state index < -0.39 is 5.41 Å². The number of anilines is 1. The van der Waals surface area contributed by atoms with Gasteiger partial charge in [0.25, 0.3) is 0 Å². The lowest BCUT2D eigenvalue weighted by Crippen LogP contribution is -2.27. The molecule has 118 valence electrons. The minimum absolute atomic E-state index is 0.000913. The lowest BCUT2D eigenvalue weighted by atomic mass is 9.95. The van der Waals surface area contributed by atoms with E-state index in [1.165, 1.54) is 0 Å². The first-order chi connectivity index (χ1) is 10.9. The minimum atomic E-state index is -0.411. The highest BCUT2D eigenvalue weighted by Gasteiger charge is 2.21. The van der Waals surface area contributed by atoms with Crippen molar-refractivity contribution in [2.75, 3.05) is 5.32 Å². The van der Waals surface area contributed by atoms with Gasteiger partial charge in [-0.2, -0.15) is 0 Å². The summed E-state index contributed by atoms with van der Waals surface area (Å²) in [7, 11) is 0. The Labute approximate surface area is 139 Å². The fraction of sp³-hybridized carbons (Fsp3) is 0.222. The summed E-state index contributed by atoms with van der Waals surface area (Å²) in [5.74, 6) is 0.773. The van der Waals surface area contributed by atoms with Crippen molar-refractivity contribution in [1.82, 2.24) is 4.98 Å². The maximum atomic E-state index is 12.0. The molecule has 0 unspecified atom stereocenters. The number of nitrogens with zero attached hydrogens (tertiary/aromatic N) is 1. The van der Waals surface area contributed by atoms with Crippen molar-refractivity contribution in [2.45, 2.75) is 20.8 Å². The summed E-state index contributed by atoms with van der Waals surface area (Å²) < 4.78 is 5.36. The number of amides is 1. The maximum Gasteiger partial charge on any atom is 0.229 e. The number of furan rings is 1. The van der Waals surface area contributed by atoms with E-state index in [4.69, 9.17) is 4.42 Å². The van der Waals surface area contributed by atoms with Gasteiger partial charge in [0, 0.05) is 22.0 Å². The number of benzene rings is 1. The van der Waals surface area contributed by atoms with E-state index in [-0.39, 0.29) is 5.91 Å². The molecule has 0 aliphatic carbocycles. The van der Waals surface area contributed by atoms with E-state index in [2.05, 4.69) is 10.3 Å². The largest absolute Gasteiger partial charge is 0.462 e. The molecular weight excluding hydrogens is 308 g/mol. The SMILES string of the molecule is CC(C)(C)C(=O)Nc1ccc(-c2csc(-c3ccco3)n2)cc1. The highest BCUT2D eigenvalue weighted by molar-refractivity contribution is 7.13. The molecule has 3 aromatic rings. The molecule has 23 heavy (non-hydrogen) atoms. The molecule has 0 saturated carbocycles. The number of rotatable bonds is 3. The summed E-state index contributed by atoms with van der Waals surface area (Å²) in [5, 5.41) is 5.77. The van der Waals surface area contributed by atoms with E-state index in [0.717, 1.165) is 27.7 Å². The van der Waals surface area contributed by atoms with Crippen LogP contribution in [0.2, 0.25) is 0 Å². The highest BCUT2D eigenvalue weighted by Crippen LogP contribution is 2.29. The summed E-state index contributed by atoms with van der Waals surface area (Å²) in [6.07, 6.45) is 1.64. The van der Waals surface area contributed by atoms with Crippen LogP contribution in [-0.4, -0.2) is 10.9 Å². The summed E-state index contributed by atoms with van der Waals surface area (Å²) in [4.78, 5) is 16.6. The van der Waals surface area contributed by atoms with Crippen molar-refractivity contribution in [1.29, 1.82) is 0 Å². The average Bonchev–Trinajstić information content (AvgIpc) is 3.18. The molecule has 5 heteroatoms. The average molecular weight is 326 g/mol. The summed E-state index contributed by atoms with van der Waals surface area (Å²) in [6, 6.07) is 11.4. The monoisotopic (exact) mass is 326 g/mol. The normalized spacial score (nSPS) is 11.4. The molecule has 4 nitrogen and oxygen atoms in total. The number of aromatic nitrogens is 1. The van der Waals surface area contributed by atoms with Crippen LogP contribution in [0.4, 0.5) is 5.69 Å². The van der Waals surface area contributed by atoms with Gasteiger partial charge in [0.1, 0.15) is 0 Å². The Morgan fingerprint density at radius 2 is 1.91 bits per heavy atom. The van der Waals surface area contributed by atoms with Gasteiger partial charge in [-0.3, -0.25) is 4.79 Å². The van der Waals surface area contributed by atoms with Crippen molar-refractivity contribution >= 4 is 22.9 Å². The number of thiazole rings is 1. The van der Waals surface area contributed by atoms with Crippen LogP contribution in [0.5, 0.6) is 0 Å². The zero-order valence-corrected chi connectivity index (χ0v) is 14.1. The third-order valence-electron chi connectivity index (χ3n) is 3.36. The van der Waals surface area contributed by atoms with Gasteiger partial charge in [-0.05, 0) is 24.3 Å². The van der Waals surface area contributed by atoms with Crippen molar-refractivity contribution in [3.63, 3.8) is 0 Å². The van der Waals surface area contributed by atoms with Crippen molar-refractivity contribution in [3.8, 4) is 22.0 Å². The third-order valence-corrected chi connectivity index (χ3v) is 4.21.